The number of carbonyl (C=O) groups excluding carboxylic acids is 1. The number of fused-ring (bicyclic) bond motifs is 1. The van der Waals surface area contributed by atoms with Crippen molar-refractivity contribution in [2.75, 3.05) is 12.5 Å². The van der Waals surface area contributed by atoms with Gasteiger partial charge in [0.25, 0.3) is 0 Å². The first-order valence-corrected chi connectivity index (χ1v) is 5.08. The van der Waals surface area contributed by atoms with Gasteiger partial charge in [0.1, 0.15) is 11.3 Å². The number of nitrogens with zero attached hydrogens (tertiary/aromatic N) is 1. The fraction of sp³-hybridized carbons (Fsp3) is 0.167. The van der Waals surface area contributed by atoms with Gasteiger partial charge in [-0.25, -0.2) is 0 Å². The van der Waals surface area contributed by atoms with Crippen molar-refractivity contribution < 1.29 is 14.3 Å². The van der Waals surface area contributed by atoms with Gasteiger partial charge in [-0.1, -0.05) is 0 Å². The van der Waals surface area contributed by atoms with Gasteiger partial charge in [-0.15, -0.1) is 0 Å². The molecule has 0 aliphatic rings. The highest BCUT2D eigenvalue weighted by atomic mass is 16.7. The van der Waals surface area contributed by atoms with Crippen molar-refractivity contribution in [3.8, 4) is 5.75 Å². The molecule has 0 unspecified atom stereocenters. The lowest BCUT2D eigenvalue weighted by Crippen LogP contribution is -2.07. The Hall–Kier alpha value is -2.30. The molecule has 5 nitrogen and oxygen atoms in total. The number of ether oxygens (including phenoxy) is 2. The number of hydrogen-bond donors (Lipinski definition) is 1. The van der Waals surface area contributed by atoms with Crippen molar-refractivity contribution >= 4 is 22.6 Å². The van der Waals surface area contributed by atoms with Crippen molar-refractivity contribution in [1.29, 1.82) is 0 Å². The molecule has 1 aromatic carbocycles. The van der Waals surface area contributed by atoms with E-state index in [2.05, 4.69) is 4.98 Å². The van der Waals surface area contributed by atoms with Crippen molar-refractivity contribution in [2.24, 2.45) is 0 Å². The second-order valence-electron chi connectivity index (χ2n) is 3.45. The van der Waals surface area contributed by atoms with Crippen LogP contribution >= 0.6 is 0 Å². The molecule has 5 heteroatoms. The van der Waals surface area contributed by atoms with Crippen LogP contribution in [0.5, 0.6) is 5.75 Å². The summed E-state index contributed by atoms with van der Waals surface area (Å²) >= 11 is 0. The molecule has 0 spiro atoms. The van der Waals surface area contributed by atoms with E-state index in [9.17, 15) is 4.79 Å². The molecule has 0 fully saturated rings. The summed E-state index contributed by atoms with van der Waals surface area (Å²) in [7, 11) is 0. The number of esters is 1. The zero-order valence-electron chi connectivity index (χ0n) is 9.34. The highest BCUT2D eigenvalue weighted by Crippen LogP contribution is 2.27. The summed E-state index contributed by atoms with van der Waals surface area (Å²) in [5, 5.41) is 0.813. The molecule has 0 aliphatic heterocycles. The molecular formula is C12H12N2O3. The van der Waals surface area contributed by atoms with Crippen LogP contribution in [0.15, 0.2) is 30.5 Å². The second-order valence-corrected chi connectivity index (χ2v) is 3.45. The predicted molar refractivity (Wildman–Crippen MR) is 63.4 cm³/mol. The maximum atomic E-state index is 10.6. The van der Waals surface area contributed by atoms with Crippen LogP contribution < -0.4 is 10.5 Å². The van der Waals surface area contributed by atoms with Crippen molar-refractivity contribution in [1.82, 2.24) is 4.98 Å². The molecule has 2 aromatic rings. The summed E-state index contributed by atoms with van der Waals surface area (Å²) in [6.07, 6.45) is 1.65. The Bertz CT molecular complexity index is 554. The quantitative estimate of drug-likeness (QED) is 0.495. The lowest BCUT2D eigenvalue weighted by Gasteiger charge is -2.09. The lowest BCUT2D eigenvalue weighted by molar-refractivity contribution is -0.147. The molecule has 2 rings (SSSR count). The van der Waals surface area contributed by atoms with Crippen LogP contribution in [0.25, 0.3) is 10.9 Å². The van der Waals surface area contributed by atoms with E-state index >= 15 is 0 Å². The van der Waals surface area contributed by atoms with E-state index < -0.39 is 5.97 Å². The number of aromatic nitrogens is 1. The molecule has 0 saturated carbocycles. The molecule has 0 atom stereocenters. The molecule has 17 heavy (non-hydrogen) atoms. The van der Waals surface area contributed by atoms with Gasteiger partial charge in [0.05, 0.1) is 0 Å². The van der Waals surface area contributed by atoms with E-state index in [-0.39, 0.29) is 6.79 Å². The number of nitrogen functional groups attached to an aromatic ring is 1. The van der Waals surface area contributed by atoms with Gasteiger partial charge in [-0.2, -0.15) is 0 Å². The third-order valence-electron chi connectivity index (χ3n) is 2.24. The lowest BCUT2D eigenvalue weighted by atomic mass is 10.2. The Kier molecular flexibility index (Phi) is 3.09. The summed E-state index contributed by atoms with van der Waals surface area (Å²) in [4.78, 5) is 14.8. The summed E-state index contributed by atoms with van der Waals surface area (Å²) in [6, 6.07) is 7.09. The molecule has 0 amide bonds. The van der Waals surface area contributed by atoms with Crippen LogP contribution in [0.3, 0.4) is 0 Å². The van der Waals surface area contributed by atoms with Crippen LogP contribution in [0, 0.1) is 0 Å². The fourth-order valence-corrected chi connectivity index (χ4v) is 1.46. The van der Waals surface area contributed by atoms with Gasteiger partial charge in [0, 0.05) is 24.2 Å². The Labute approximate surface area is 98.2 Å². The molecule has 0 aliphatic carbocycles. The zero-order valence-corrected chi connectivity index (χ0v) is 9.34. The van der Waals surface area contributed by atoms with Gasteiger partial charge >= 0.3 is 5.97 Å². The number of nitrogens with two attached hydrogens (primary N) is 1. The fourth-order valence-electron chi connectivity index (χ4n) is 1.46. The first-order chi connectivity index (χ1) is 8.18. The highest BCUT2D eigenvalue weighted by molar-refractivity contribution is 5.94. The Balaban J connectivity index is 2.28. The van der Waals surface area contributed by atoms with E-state index in [4.69, 9.17) is 15.2 Å². The highest BCUT2D eigenvalue weighted by Gasteiger charge is 2.06. The van der Waals surface area contributed by atoms with Gasteiger partial charge in [-0.3, -0.25) is 9.78 Å². The van der Waals surface area contributed by atoms with Gasteiger partial charge in [0.15, 0.2) is 0 Å². The maximum Gasteiger partial charge on any atom is 0.305 e. The average Bonchev–Trinajstić information content (AvgIpc) is 2.32. The predicted octanol–water partition coefficient (Wildman–Crippen LogP) is 1.72. The topological polar surface area (TPSA) is 74.4 Å². The van der Waals surface area contributed by atoms with Crippen LogP contribution in [0.1, 0.15) is 6.92 Å². The minimum atomic E-state index is -0.391. The molecule has 88 valence electrons. The molecule has 1 heterocycles. The summed E-state index contributed by atoms with van der Waals surface area (Å²) in [5.41, 5.74) is 7.11. The molecule has 1 aromatic heterocycles. The van der Waals surface area contributed by atoms with Crippen LogP contribution in [0.4, 0.5) is 5.69 Å². The number of rotatable bonds is 3. The number of carbonyl (C=O) groups is 1. The second kappa shape index (κ2) is 4.69. The molecule has 2 N–H and O–H groups in total. The van der Waals surface area contributed by atoms with Crippen molar-refractivity contribution in [2.45, 2.75) is 6.92 Å². The van der Waals surface area contributed by atoms with Crippen molar-refractivity contribution in [3.05, 3.63) is 30.5 Å². The van der Waals surface area contributed by atoms with Crippen molar-refractivity contribution in [3.63, 3.8) is 0 Å². The SMILES string of the molecule is CC(=O)OCOc1ccc(N)c2cccnc12. The van der Waals surface area contributed by atoms with E-state index in [1.807, 2.05) is 6.07 Å². The summed E-state index contributed by atoms with van der Waals surface area (Å²) < 4.78 is 10.0. The number of pyridine rings is 1. The van der Waals surface area contributed by atoms with E-state index in [1.165, 1.54) is 6.92 Å². The zero-order chi connectivity index (χ0) is 12.3. The minimum Gasteiger partial charge on any atom is -0.455 e. The van der Waals surface area contributed by atoms with Gasteiger partial charge in [0.2, 0.25) is 6.79 Å². The Morgan fingerprint density at radius 2 is 2.24 bits per heavy atom. The largest absolute Gasteiger partial charge is 0.455 e. The van der Waals surface area contributed by atoms with Gasteiger partial charge < -0.3 is 15.2 Å². The monoisotopic (exact) mass is 232 g/mol. The summed E-state index contributed by atoms with van der Waals surface area (Å²) in [5.74, 6) is 0.147. The van der Waals surface area contributed by atoms with E-state index in [1.54, 1.807) is 24.4 Å². The maximum absolute atomic E-state index is 10.6. The standard InChI is InChI=1S/C12H12N2O3/c1-8(15)16-7-17-11-5-4-10(13)9-3-2-6-14-12(9)11/h2-6H,7,13H2,1H3. The normalized spacial score (nSPS) is 10.2. The minimum absolute atomic E-state index is 0.134. The molecule has 0 radical (unpaired) electrons. The third-order valence-corrected chi connectivity index (χ3v) is 2.24. The number of anilines is 1. The smallest absolute Gasteiger partial charge is 0.305 e. The molecule has 0 bridgehead atoms. The van der Waals surface area contributed by atoms with E-state index in [0.29, 0.717) is 17.0 Å². The number of benzene rings is 1. The molecular weight excluding hydrogens is 220 g/mol. The van der Waals surface area contributed by atoms with Gasteiger partial charge in [-0.05, 0) is 24.3 Å². The number of hydrogen-bond acceptors (Lipinski definition) is 5. The molecule has 0 saturated heterocycles. The summed E-state index contributed by atoms with van der Waals surface area (Å²) in [6.45, 7) is 1.19. The van der Waals surface area contributed by atoms with Crippen LogP contribution in [0.2, 0.25) is 0 Å². The Morgan fingerprint density at radius 1 is 1.41 bits per heavy atom. The van der Waals surface area contributed by atoms with Crippen LogP contribution in [-0.4, -0.2) is 17.7 Å². The first-order valence-electron chi connectivity index (χ1n) is 5.08. The first kappa shape index (κ1) is 11.2. The Morgan fingerprint density at radius 3 is 3.00 bits per heavy atom. The van der Waals surface area contributed by atoms with Crippen LogP contribution in [-0.2, 0) is 9.53 Å². The van der Waals surface area contributed by atoms with E-state index in [0.717, 1.165) is 5.39 Å². The average molecular weight is 232 g/mol. The third kappa shape index (κ3) is 2.44.